The molecule has 0 bridgehead atoms. The Morgan fingerprint density at radius 3 is 2.21 bits per heavy atom. The molecule has 0 fully saturated rings. The Hall–Kier alpha value is -4.13. The van der Waals surface area contributed by atoms with Crippen LogP contribution in [0.5, 0.6) is 0 Å². The van der Waals surface area contributed by atoms with Crippen LogP contribution < -0.4 is 16.0 Å². The number of nitriles is 1. The highest BCUT2D eigenvalue weighted by Crippen LogP contribution is 2.22. The van der Waals surface area contributed by atoms with Gasteiger partial charge in [0.15, 0.2) is 0 Å². The average Bonchev–Trinajstić information content (AvgIpc) is 3.24. The summed E-state index contributed by atoms with van der Waals surface area (Å²) in [7, 11) is 0. The number of anilines is 2. The third-order valence-electron chi connectivity index (χ3n) is 4.19. The van der Waals surface area contributed by atoms with E-state index in [-0.39, 0.29) is 29.3 Å². The molecule has 0 spiro atoms. The van der Waals surface area contributed by atoms with Gasteiger partial charge in [-0.05, 0) is 54.6 Å². The minimum Gasteiger partial charge on any atom is -0.460 e. The van der Waals surface area contributed by atoms with Gasteiger partial charge in [-0.1, -0.05) is 23.2 Å². The predicted molar refractivity (Wildman–Crippen MR) is 124 cm³/mol. The van der Waals surface area contributed by atoms with Crippen molar-refractivity contribution in [1.29, 1.82) is 5.26 Å². The molecule has 0 aliphatic carbocycles. The zero-order chi connectivity index (χ0) is 24.7. The summed E-state index contributed by atoms with van der Waals surface area (Å²) >= 11 is 11.7. The van der Waals surface area contributed by atoms with Gasteiger partial charge in [-0.15, -0.1) is 0 Å². The Kier molecular flexibility index (Phi) is 8.03. The molecule has 172 valence electrons. The van der Waals surface area contributed by atoms with Crippen LogP contribution in [0.2, 0.25) is 10.0 Å². The van der Waals surface area contributed by atoms with Crippen molar-refractivity contribution in [2.75, 3.05) is 10.6 Å². The van der Waals surface area contributed by atoms with Gasteiger partial charge in [0.05, 0.1) is 6.54 Å². The van der Waals surface area contributed by atoms with Crippen molar-refractivity contribution in [3.63, 3.8) is 0 Å². The van der Waals surface area contributed by atoms with E-state index in [0.717, 1.165) is 0 Å². The summed E-state index contributed by atoms with van der Waals surface area (Å²) in [6, 6.07) is 14.1. The topological polar surface area (TPSA) is 124 Å². The fraction of sp³-hybridized carbons (Fsp3) is 0.0435. The lowest BCUT2D eigenvalue weighted by molar-refractivity contribution is -0.136. The third-order valence-corrected chi connectivity index (χ3v) is 4.62. The maximum absolute atomic E-state index is 13.0. The lowest BCUT2D eigenvalue weighted by atomic mass is 10.2. The summed E-state index contributed by atoms with van der Waals surface area (Å²) in [5, 5.41) is 17.1. The van der Waals surface area contributed by atoms with E-state index in [0.29, 0.717) is 15.7 Å². The van der Waals surface area contributed by atoms with E-state index < -0.39 is 23.5 Å². The van der Waals surface area contributed by atoms with Crippen LogP contribution in [0, 0.1) is 17.1 Å². The van der Waals surface area contributed by atoms with Crippen LogP contribution >= 0.6 is 23.2 Å². The second-order valence-corrected chi connectivity index (χ2v) is 7.60. The van der Waals surface area contributed by atoms with Crippen LogP contribution in [0.15, 0.2) is 64.6 Å². The molecule has 3 amide bonds. The van der Waals surface area contributed by atoms with Crippen molar-refractivity contribution in [1.82, 2.24) is 5.32 Å². The average molecular weight is 501 g/mol. The smallest absolute Gasteiger partial charge is 0.313 e. The normalized spacial score (nSPS) is 10.8. The molecule has 0 unspecified atom stereocenters. The van der Waals surface area contributed by atoms with Crippen molar-refractivity contribution < 1.29 is 23.2 Å². The van der Waals surface area contributed by atoms with E-state index in [1.807, 2.05) is 0 Å². The molecule has 0 aliphatic heterocycles. The van der Waals surface area contributed by atoms with Gasteiger partial charge >= 0.3 is 11.8 Å². The molecule has 0 aliphatic rings. The highest BCUT2D eigenvalue weighted by atomic mass is 35.5. The molecule has 3 N–H and O–H groups in total. The minimum atomic E-state index is -0.936. The SMILES string of the molecule is N#C/C(=C/c1ccc(CNC(=O)C(=O)Nc2cc(Cl)cc(Cl)c2)o1)C(=O)Nc1ccc(F)cc1. The van der Waals surface area contributed by atoms with E-state index in [9.17, 15) is 24.0 Å². The maximum atomic E-state index is 13.0. The monoisotopic (exact) mass is 500 g/mol. The summed E-state index contributed by atoms with van der Waals surface area (Å²) in [5.41, 5.74) is 0.313. The Bertz CT molecular complexity index is 1290. The van der Waals surface area contributed by atoms with Crippen molar-refractivity contribution in [2.24, 2.45) is 0 Å². The number of carbonyl (C=O) groups is 3. The molecular weight excluding hydrogens is 486 g/mol. The van der Waals surface area contributed by atoms with Gasteiger partial charge in [0.25, 0.3) is 5.91 Å². The van der Waals surface area contributed by atoms with Crippen LogP contribution in [0.3, 0.4) is 0 Å². The lowest BCUT2D eigenvalue weighted by Crippen LogP contribution is -2.34. The Balaban J connectivity index is 1.57. The van der Waals surface area contributed by atoms with Gasteiger partial charge in [0.1, 0.15) is 29.0 Å². The quantitative estimate of drug-likeness (QED) is 0.260. The van der Waals surface area contributed by atoms with Crippen molar-refractivity contribution in [3.8, 4) is 6.07 Å². The summed E-state index contributed by atoms with van der Waals surface area (Å²) in [5.74, 6) is -2.59. The fourth-order valence-corrected chi connectivity index (χ4v) is 3.18. The molecule has 11 heteroatoms. The zero-order valence-electron chi connectivity index (χ0n) is 17.2. The summed E-state index contributed by atoms with van der Waals surface area (Å²) in [6.45, 7) is -0.125. The van der Waals surface area contributed by atoms with E-state index in [1.54, 1.807) is 6.07 Å². The Morgan fingerprint density at radius 2 is 1.56 bits per heavy atom. The van der Waals surface area contributed by atoms with E-state index in [4.69, 9.17) is 27.6 Å². The second kappa shape index (κ2) is 11.1. The molecule has 1 aromatic heterocycles. The molecule has 0 saturated carbocycles. The van der Waals surface area contributed by atoms with E-state index in [2.05, 4.69) is 16.0 Å². The highest BCUT2D eigenvalue weighted by molar-refractivity contribution is 6.40. The standard InChI is InChI=1S/C23H15Cl2FN4O4/c24-14-8-15(25)10-18(9-14)30-23(33)22(32)28-12-20-6-5-19(34-20)7-13(11-27)21(31)29-17-3-1-16(26)2-4-17/h1-10H,12H2,(H,28,32)(H,29,31)(H,30,33)/b13-7-. The second-order valence-electron chi connectivity index (χ2n) is 6.73. The number of nitrogens with one attached hydrogen (secondary N) is 3. The maximum Gasteiger partial charge on any atom is 0.313 e. The van der Waals surface area contributed by atoms with Crippen molar-refractivity contribution in [2.45, 2.75) is 6.54 Å². The number of amides is 3. The van der Waals surface area contributed by atoms with Gasteiger partial charge in [0.2, 0.25) is 0 Å². The van der Waals surface area contributed by atoms with Crippen LogP contribution in [-0.4, -0.2) is 17.7 Å². The predicted octanol–water partition coefficient (Wildman–Crippen LogP) is 4.53. The molecule has 34 heavy (non-hydrogen) atoms. The number of carbonyl (C=O) groups excluding carboxylic acids is 3. The molecule has 8 nitrogen and oxygen atoms in total. The first-order valence-corrected chi connectivity index (χ1v) is 10.3. The number of hydrogen-bond acceptors (Lipinski definition) is 5. The van der Waals surface area contributed by atoms with Crippen LogP contribution in [0.4, 0.5) is 15.8 Å². The summed E-state index contributed by atoms with van der Waals surface area (Å²) in [6.07, 6.45) is 1.21. The Morgan fingerprint density at radius 1 is 0.912 bits per heavy atom. The molecule has 3 aromatic rings. The minimum absolute atomic E-state index is 0.125. The number of furan rings is 1. The number of hydrogen-bond donors (Lipinski definition) is 3. The zero-order valence-corrected chi connectivity index (χ0v) is 18.7. The van der Waals surface area contributed by atoms with Crippen molar-refractivity contribution >= 4 is 58.4 Å². The third kappa shape index (κ3) is 6.93. The molecular formula is C23H15Cl2FN4O4. The molecule has 3 rings (SSSR count). The molecule has 2 aromatic carbocycles. The van der Waals surface area contributed by atoms with Crippen molar-refractivity contribution in [3.05, 3.63) is 87.6 Å². The first kappa shape index (κ1) is 24.5. The largest absolute Gasteiger partial charge is 0.460 e. The molecule has 0 atom stereocenters. The Labute approximate surface area is 203 Å². The molecule has 1 heterocycles. The van der Waals surface area contributed by atoms with Crippen LogP contribution in [0.25, 0.3) is 6.08 Å². The van der Waals surface area contributed by atoms with Crippen LogP contribution in [-0.2, 0) is 20.9 Å². The van der Waals surface area contributed by atoms with Gasteiger partial charge in [-0.3, -0.25) is 14.4 Å². The van der Waals surface area contributed by atoms with Gasteiger partial charge < -0.3 is 20.4 Å². The lowest BCUT2D eigenvalue weighted by Gasteiger charge is -2.06. The number of rotatable bonds is 6. The van der Waals surface area contributed by atoms with Gasteiger partial charge in [0, 0.05) is 27.5 Å². The first-order chi connectivity index (χ1) is 16.2. The van der Waals surface area contributed by atoms with Crippen LogP contribution in [0.1, 0.15) is 11.5 Å². The first-order valence-electron chi connectivity index (χ1n) is 9.56. The fourth-order valence-electron chi connectivity index (χ4n) is 2.65. The summed E-state index contributed by atoms with van der Waals surface area (Å²) < 4.78 is 18.4. The number of halogens is 3. The van der Waals surface area contributed by atoms with Gasteiger partial charge in [-0.2, -0.15) is 5.26 Å². The number of benzene rings is 2. The number of nitrogens with zero attached hydrogens (tertiary/aromatic N) is 1. The summed E-state index contributed by atoms with van der Waals surface area (Å²) in [4.78, 5) is 36.3. The van der Waals surface area contributed by atoms with Gasteiger partial charge in [-0.25, -0.2) is 4.39 Å². The highest BCUT2D eigenvalue weighted by Gasteiger charge is 2.15. The van der Waals surface area contributed by atoms with E-state index in [1.165, 1.54) is 60.7 Å². The van der Waals surface area contributed by atoms with E-state index >= 15 is 0 Å². The molecule has 0 radical (unpaired) electrons. The molecule has 0 saturated heterocycles.